The fourth-order valence-electron chi connectivity index (χ4n) is 4.23. The predicted molar refractivity (Wildman–Crippen MR) is 129 cm³/mol. The number of hydrogen-bond acceptors (Lipinski definition) is 3. The lowest BCUT2D eigenvalue weighted by molar-refractivity contribution is -0.125. The lowest BCUT2D eigenvalue weighted by atomic mass is 10.0. The van der Waals surface area contributed by atoms with E-state index in [0.29, 0.717) is 23.6 Å². The van der Waals surface area contributed by atoms with Crippen molar-refractivity contribution in [2.75, 3.05) is 6.54 Å². The number of benzene rings is 3. The van der Waals surface area contributed by atoms with Gasteiger partial charge in [-0.25, -0.2) is 4.79 Å². The number of likely N-dealkylation sites (tertiary alicyclic amines) is 1. The molecule has 4 rings (SSSR count). The van der Waals surface area contributed by atoms with Crippen LogP contribution in [0.15, 0.2) is 66.7 Å². The van der Waals surface area contributed by atoms with Gasteiger partial charge in [-0.1, -0.05) is 60.1 Å². The number of carbonyl (C=O) groups excluding carboxylic acids is 2. The van der Waals surface area contributed by atoms with Gasteiger partial charge in [-0.3, -0.25) is 4.79 Å². The van der Waals surface area contributed by atoms with Gasteiger partial charge in [0.05, 0.1) is 12.1 Å². The monoisotopic (exact) mass is 460 g/mol. The number of hydrogen-bond donors (Lipinski definition) is 2. The standard InChI is InChI=1S/C26H25ClN4O2/c1-17(19-12-11-18-6-2-3-7-20(18)14-19)29-26(33)31-13-5-10-24(31)25(32)30-23(16-28)21-8-4-9-22(27)15-21/h2-4,6-9,11-12,14-15,17,23-24H,5,10,13H2,1H3,(H,29,33)(H,30,32)/t17-,23?,24+/m1/s1. The average Bonchev–Trinajstić information content (AvgIpc) is 3.32. The van der Waals surface area contributed by atoms with Crippen LogP contribution in [0, 0.1) is 11.3 Å². The van der Waals surface area contributed by atoms with Crippen molar-refractivity contribution >= 4 is 34.3 Å². The van der Waals surface area contributed by atoms with Crippen molar-refractivity contribution in [2.45, 2.75) is 37.9 Å². The fourth-order valence-corrected chi connectivity index (χ4v) is 4.42. The number of fused-ring (bicyclic) bond motifs is 1. The molecule has 7 heteroatoms. The second kappa shape index (κ2) is 9.93. The van der Waals surface area contributed by atoms with Gasteiger partial charge in [0.25, 0.3) is 0 Å². The van der Waals surface area contributed by atoms with E-state index >= 15 is 0 Å². The first-order chi connectivity index (χ1) is 16.0. The molecule has 33 heavy (non-hydrogen) atoms. The molecular weight excluding hydrogens is 436 g/mol. The first-order valence-electron chi connectivity index (χ1n) is 11.0. The first-order valence-corrected chi connectivity index (χ1v) is 11.4. The molecule has 0 saturated carbocycles. The second-order valence-electron chi connectivity index (χ2n) is 8.25. The number of nitrogens with one attached hydrogen (secondary N) is 2. The van der Waals surface area contributed by atoms with Gasteiger partial charge in [0, 0.05) is 11.6 Å². The maximum Gasteiger partial charge on any atom is 0.318 e. The molecule has 168 valence electrons. The molecule has 0 aliphatic carbocycles. The maximum absolute atomic E-state index is 13.0. The molecule has 1 heterocycles. The predicted octanol–water partition coefficient (Wildman–Crippen LogP) is 5.11. The van der Waals surface area contributed by atoms with E-state index in [4.69, 9.17) is 11.6 Å². The van der Waals surface area contributed by atoms with E-state index in [1.165, 1.54) is 0 Å². The Balaban J connectivity index is 1.42. The zero-order chi connectivity index (χ0) is 23.4. The summed E-state index contributed by atoms with van der Waals surface area (Å²) >= 11 is 6.02. The van der Waals surface area contributed by atoms with E-state index in [2.05, 4.69) is 22.8 Å². The third kappa shape index (κ3) is 5.10. The summed E-state index contributed by atoms with van der Waals surface area (Å²) in [6.45, 7) is 2.42. The van der Waals surface area contributed by atoms with Crippen LogP contribution in [0.2, 0.25) is 5.02 Å². The average molecular weight is 461 g/mol. The van der Waals surface area contributed by atoms with Crippen molar-refractivity contribution in [2.24, 2.45) is 0 Å². The second-order valence-corrected chi connectivity index (χ2v) is 8.69. The highest BCUT2D eigenvalue weighted by atomic mass is 35.5. The molecular formula is C26H25ClN4O2. The van der Waals surface area contributed by atoms with E-state index in [1.54, 1.807) is 29.2 Å². The van der Waals surface area contributed by atoms with Crippen molar-refractivity contribution in [3.8, 4) is 6.07 Å². The summed E-state index contributed by atoms with van der Waals surface area (Å²) in [6.07, 6.45) is 1.28. The highest BCUT2D eigenvalue weighted by Crippen LogP contribution is 2.24. The smallest absolute Gasteiger partial charge is 0.318 e. The lowest BCUT2D eigenvalue weighted by Gasteiger charge is -2.27. The van der Waals surface area contributed by atoms with Gasteiger partial charge < -0.3 is 15.5 Å². The van der Waals surface area contributed by atoms with Crippen LogP contribution in [0.4, 0.5) is 4.79 Å². The Morgan fingerprint density at radius 3 is 2.58 bits per heavy atom. The van der Waals surface area contributed by atoms with Crippen LogP contribution in [-0.2, 0) is 4.79 Å². The Morgan fingerprint density at radius 2 is 1.82 bits per heavy atom. The number of urea groups is 1. The summed E-state index contributed by atoms with van der Waals surface area (Å²) in [7, 11) is 0. The van der Waals surface area contributed by atoms with Crippen molar-refractivity contribution in [1.82, 2.24) is 15.5 Å². The Morgan fingerprint density at radius 1 is 1.03 bits per heavy atom. The third-order valence-corrected chi connectivity index (χ3v) is 6.26. The number of nitriles is 1. The zero-order valence-corrected chi connectivity index (χ0v) is 19.0. The van der Waals surface area contributed by atoms with Gasteiger partial charge in [0.15, 0.2) is 0 Å². The molecule has 1 fully saturated rings. The summed E-state index contributed by atoms with van der Waals surface area (Å²) in [4.78, 5) is 27.6. The molecule has 3 aromatic carbocycles. The highest BCUT2D eigenvalue weighted by Gasteiger charge is 2.35. The van der Waals surface area contributed by atoms with Crippen molar-refractivity contribution < 1.29 is 9.59 Å². The number of halogens is 1. The van der Waals surface area contributed by atoms with Crippen LogP contribution in [0.25, 0.3) is 10.8 Å². The maximum atomic E-state index is 13.0. The molecule has 1 saturated heterocycles. The van der Waals surface area contributed by atoms with Gasteiger partial charge >= 0.3 is 6.03 Å². The van der Waals surface area contributed by atoms with Crippen LogP contribution in [0.5, 0.6) is 0 Å². The minimum absolute atomic E-state index is 0.218. The fraction of sp³-hybridized carbons (Fsp3) is 0.269. The Labute approximate surface area is 198 Å². The number of carbonyl (C=O) groups is 2. The summed E-state index contributed by atoms with van der Waals surface area (Å²) in [5, 5.41) is 18.1. The minimum atomic E-state index is -0.835. The summed E-state index contributed by atoms with van der Waals surface area (Å²) in [6, 6.07) is 21.2. The number of rotatable bonds is 5. The zero-order valence-electron chi connectivity index (χ0n) is 18.3. The molecule has 3 atom stereocenters. The summed E-state index contributed by atoms with van der Waals surface area (Å²) in [5.41, 5.74) is 1.60. The van der Waals surface area contributed by atoms with Crippen LogP contribution >= 0.6 is 11.6 Å². The Bertz CT molecular complexity index is 1220. The number of nitrogens with zero attached hydrogens (tertiary/aromatic N) is 2. The van der Waals surface area contributed by atoms with Gasteiger partial charge in [-0.05, 0) is 59.9 Å². The number of amides is 3. The molecule has 0 radical (unpaired) electrons. The Hall–Kier alpha value is -3.56. The topological polar surface area (TPSA) is 85.2 Å². The van der Waals surface area contributed by atoms with Gasteiger partial charge in [-0.2, -0.15) is 5.26 Å². The molecule has 2 N–H and O–H groups in total. The normalized spacial score (nSPS) is 17.2. The van der Waals surface area contributed by atoms with E-state index in [0.717, 1.165) is 22.8 Å². The molecule has 0 bridgehead atoms. The van der Waals surface area contributed by atoms with E-state index in [-0.39, 0.29) is 18.0 Å². The van der Waals surface area contributed by atoms with Gasteiger partial charge in [-0.15, -0.1) is 0 Å². The molecule has 3 aromatic rings. The molecule has 6 nitrogen and oxygen atoms in total. The molecule has 1 unspecified atom stereocenters. The summed E-state index contributed by atoms with van der Waals surface area (Å²) < 4.78 is 0. The van der Waals surface area contributed by atoms with Crippen LogP contribution in [0.1, 0.15) is 43.0 Å². The van der Waals surface area contributed by atoms with E-state index in [9.17, 15) is 14.9 Å². The van der Waals surface area contributed by atoms with Gasteiger partial charge in [0.1, 0.15) is 12.1 Å². The van der Waals surface area contributed by atoms with E-state index < -0.39 is 12.1 Å². The van der Waals surface area contributed by atoms with Crippen molar-refractivity contribution in [1.29, 1.82) is 5.26 Å². The SMILES string of the molecule is C[C@@H](NC(=O)N1CCC[C@H]1C(=O)NC(C#N)c1cccc(Cl)c1)c1ccc2ccccc2c1. The quantitative estimate of drug-likeness (QED) is 0.554. The van der Waals surface area contributed by atoms with Crippen LogP contribution < -0.4 is 10.6 Å². The molecule has 1 aliphatic rings. The minimum Gasteiger partial charge on any atom is -0.335 e. The van der Waals surface area contributed by atoms with Crippen LogP contribution in [-0.4, -0.2) is 29.4 Å². The van der Waals surface area contributed by atoms with Crippen LogP contribution in [0.3, 0.4) is 0 Å². The highest BCUT2D eigenvalue weighted by molar-refractivity contribution is 6.30. The molecule has 0 aromatic heterocycles. The molecule has 1 aliphatic heterocycles. The molecule has 0 spiro atoms. The van der Waals surface area contributed by atoms with Crippen molar-refractivity contribution in [3.05, 3.63) is 82.9 Å². The largest absolute Gasteiger partial charge is 0.335 e. The van der Waals surface area contributed by atoms with Crippen molar-refractivity contribution in [3.63, 3.8) is 0 Å². The van der Waals surface area contributed by atoms with E-state index in [1.807, 2.05) is 43.3 Å². The third-order valence-electron chi connectivity index (χ3n) is 6.03. The Kier molecular flexibility index (Phi) is 6.81. The first kappa shape index (κ1) is 22.6. The van der Waals surface area contributed by atoms with Gasteiger partial charge in [0.2, 0.25) is 5.91 Å². The molecule has 3 amide bonds. The summed E-state index contributed by atoms with van der Waals surface area (Å²) in [5.74, 6) is -0.340. The lowest BCUT2D eigenvalue weighted by Crippen LogP contribution is -2.50.